The Morgan fingerprint density at radius 2 is 2.22 bits per heavy atom. The maximum atomic E-state index is 5.76. The lowest BCUT2D eigenvalue weighted by molar-refractivity contribution is 0.377. The highest BCUT2D eigenvalue weighted by Crippen LogP contribution is 2.27. The van der Waals surface area contributed by atoms with Crippen molar-refractivity contribution in [2.45, 2.75) is 20.3 Å². The van der Waals surface area contributed by atoms with Crippen molar-refractivity contribution in [3.63, 3.8) is 0 Å². The zero-order valence-corrected chi connectivity index (χ0v) is 11.8. The van der Waals surface area contributed by atoms with E-state index in [0.717, 1.165) is 15.9 Å². The first-order chi connectivity index (χ1) is 8.58. The van der Waals surface area contributed by atoms with Crippen molar-refractivity contribution < 1.29 is 4.52 Å². The summed E-state index contributed by atoms with van der Waals surface area (Å²) in [6.07, 6.45) is 2.29. The van der Waals surface area contributed by atoms with Crippen LogP contribution in [-0.4, -0.2) is 21.7 Å². The molecule has 0 saturated carbocycles. The van der Waals surface area contributed by atoms with Gasteiger partial charge in [0.05, 0.1) is 16.4 Å². The van der Waals surface area contributed by atoms with Gasteiger partial charge in [0.1, 0.15) is 5.82 Å². The number of nitrogen functional groups attached to an aromatic ring is 1. The van der Waals surface area contributed by atoms with Crippen LogP contribution in [0, 0.1) is 13.8 Å². The van der Waals surface area contributed by atoms with Gasteiger partial charge < -0.3 is 15.6 Å². The molecule has 2 heterocycles. The molecule has 0 aromatic carbocycles. The molecule has 0 aliphatic heterocycles. The predicted molar refractivity (Wildman–Crippen MR) is 72.3 cm³/mol. The SMILES string of the molecule is Cc1noc(CCNc2ncc(N)c(C)c2Br)n1. The maximum absolute atomic E-state index is 5.76. The highest BCUT2D eigenvalue weighted by atomic mass is 79.9. The zero-order chi connectivity index (χ0) is 13.1. The molecule has 0 bridgehead atoms. The van der Waals surface area contributed by atoms with E-state index in [0.29, 0.717) is 30.4 Å². The first-order valence-electron chi connectivity index (χ1n) is 5.51. The number of anilines is 2. The molecule has 0 aliphatic rings. The fraction of sp³-hybridized carbons (Fsp3) is 0.364. The third-order valence-corrected chi connectivity index (χ3v) is 3.47. The van der Waals surface area contributed by atoms with Crippen LogP contribution in [0.25, 0.3) is 0 Å². The van der Waals surface area contributed by atoms with Crippen molar-refractivity contribution in [1.29, 1.82) is 0 Å². The molecule has 7 heteroatoms. The van der Waals surface area contributed by atoms with Crippen LogP contribution in [-0.2, 0) is 6.42 Å². The molecule has 2 rings (SSSR count). The van der Waals surface area contributed by atoms with E-state index in [2.05, 4.69) is 36.4 Å². The van der Waals surface area contributed by atoms with Crippen LogP contribution in [0.2, 0.25) is 0 Å². The smallest absolute Gasteiger partial charge is 0.228 e. The Hall–Kier alpha value is -1.63. The van der Waals surface area contributed by atoms with Gasteiger partial charge in [0.25, 0.3) is 0 Å². The van der Waals surface area contributed by atoms with E-state index in [1.165, 1.54) is 0 Å². The Morgan fingerprint density at radius 3 is 2.89 bits per heavy atom. The topological polar surface area (TPSA) is 89.9 Å². The molecule has 0 unspecified atom stereocenters. The molecule has 3 N–H and O–H groups in total. The molecule has 0 amide bonds. The van der Waals surface area contributed by atoms with Gasteiger partial charge >= 0.3 is 0 Å². The molecule has 0 spiro atoms. The van der Waals surface area contributed by atoms with Crippen molar-refractivity contribution in [2.24, 2.45) is 0 Å². The van der Waals surface area contributed by atoms with Gasteiger partial charge in [-0.25, -0.2) is 4.98 Å². The lowest BCUT2D eigenvalue weighted by Crippen LogP contribution is -2.08. The third kappa shape index (κ3) is 2.79. The molecule has 18 heavy (non-hydrogen) atoms. The second-order valence-corrected chi connectivity index (χ2v) is 4.71. The molecule has 6 nitrogen and oxygen atoms in total. The normalized spacial score (nSPS) is 10.6. The highest BCUT2D eigenvalue weighted by molar-refractivity contribution is 9.10. The van der Waals surface area contributed by atoms with Gasteiger partial charge in [-0.3, -0.25) is 0 Å². The van der Waals surface area contributed by atoms with E-state index in [1.807, 2.05) is 6.92 Å². The second-order valence-electron chi connectivity index (χ2n) is 3.91. The number of nitrogens with one attached hydrogen (secondary N) is 1. The Balaban J connectivity index is 1.96. The first-order valence-corrected chi connectivity index (χ1v) is 6.31. The average Bonchev–Trinajstić information content (AvgIpc) is 2.75. The predicted octanol–water partition coefficient (Wildman–Crippen LogP) is 2.08. The van der Waals surface area contributed by atoms with E-state index in [-0.39, 0.29) is 0 Å². The van der Waals surface area contributed by atoms with E-state index >= 15 is 0 Å². The third-order valence-electron chi connectivity index (χ3n) is 2.50. The zero-order valence-electron chi connectivity index (χ0n) is 10.2. The largest absolute Gasteiger partial charge is 0.397 e. The quantitative estimate of drug-likeness (QED) is 0.898. The number of aryl methyl sites for hydroxylation is 1. The standard InChI is InChI=1S/C11H14BrN5O/c1-6-8(13)5-15-11(10(6)12)14-4-3-9-16-7(2)17-18-9/h5H,3-4,13H2,1-2H3,(H,14,15). The summed E-state index contributed by atoms with van der Waals surface area (Å²) < 4.78 is 5.90. The van der Waals surface area contributed by atoms with Crippen molar-refractivity contribution in [1.82, 2.24) is 15.1 Å². The second kappa shape index (κ2) is 5.34. The summed E-state index contributed by atoms with van der Waals surface area (Å²) in [5.41, 5.74) is 7.40. The molecule has 0 radical (unpaired) electrons. The van der Waals surface area contributed by atoms with Crippen molar-refractivity contribution >= 4 is 27.4 Å². The van der Waals surface area contributed by atoms with Crippen molar-refractivity contribution in [3.8, 4) is 0 Å². The van der Waals surface area contributed by atoms with E-state index in [9.17, 15) is 0 Å². The molecule has 2 aromatic rings. The Kier molecular flexibility index (Phi) is 3.81. The van der Waals surface area contributed by atoms with Crippen molar-refractivity contribution in [2.75, 3.05) is 17.6 Å². The number of rotatable bonds is 4. The van der Waals surface area contributed by atoms with Gasteiger partial charge in [0, 0.05) is 13.0 Å². The number of pyridine rings is 1. The number of nitrogens with zero attached hydrogens (tertiary/aromatic N) is 3. The minimum absolute atomic E-state index is 0.614. The van der Waals surface area contributed by atoms with Crippen LogP contribution in [0.4, 0.5) is 11.5 Å². The van der Waals surface area contributed by atoms with E-state index < -0.39 is 0 Å². The number of hydrogen-bond acceptors (Lipinski definition) is 6. The van der Waals surface area contributed by atoms with Crippen LogP contribution < -0.4 is 11.1 Å². The first kappa shape index (κ1) is 12.8. The van der Waals surface area contributed by atoms with Gasteiger partial charge in [0.2, 0.25) is 5.89 Å². The van der Waals surface area contributed by atoms with Crippen LogP contribution in [0.5, 0.6) is 0 Å². The fourth-order valence-electron chi connectivity index (χ4n) is 1.44. The summed E-state index contributed by atoms with van der Waals surface area (Å²) in [5, 5.41) is 6.93. The molecule has 2 aromatic heterocycles. The summed E-state index contributed by atoms with van der Waals surface area (Å²) in [5.74, 6) is 2.02. The molecule has 96 valence electrons. The molecular weight excluding hydrogens is 298 g/mol. The van der Waals surface area contributed by atoms with Gasteiger partial charge in [0.15, 0.2) is 5.82 Å². The van der Waals surface area contributed by atoms with Gasteiger partial charge in [-0.2, -0.15) is 4.98 Å². The molecule has 0 atom stereocenters. The highest BCUT2D eigenvalue weighted by Gasteiger charge is 2.08. The lowest BCUT2D eigenvalue weighted by atomic mass is 10.2. The summed E-state index contributed by atoms with van der Waals surface area (Å²) in [6, 6.07) is 0. The summed E-state index contributed by atoms with van der Waals surface area (Å²) in [4.78, 5) is 8.35. The number of halogens is 1. The Labute approximate surface area is 113 Å². The maximum Gasteiger partial charge on any atom is 0.228 e. The van der Waals surface area contributed by atoms with Crippen molar-refractivity contribution in [3.05, 3.63) is 27.9 Å². The Bertz CT molecular complexity index is 554. The fourth-order valence-corrected chi connectivity index (χ4v) is 1.92. The van der Waals surface area contributed by atoms with E-state index in [4.69, 9.17) is 10.3 Å². The number of hydrogen-bond donors (Lipinski definition) is 2. The van der Waals surface area contributed by atoms with Crippen LogP contribution in [0.3, 0.4) is 0 Å². The monoisotopic (exact) mass is 311 g/mol. The van der Waals surface area contributed by atoms with Crippen LogP contribution in [0.15, 0.2) is 15.2 Å². The van der Waals surface area contributed by atoms with Gasteiger partial charge in [-0.15, -0.1) is 0 Å². The number of nitrogens with two attached hydrogens (primary N) is 1. The van der Waals surface area contributed by atoms with Gasteiger partial charge in [-0.1, -0.05) is 5.16 Å². The summed E-state index contributed by atoms with van der Waals surface area (Å²) in [6.45, 7) is 4.39. The minimum atomic E-state index is 0.614. The molecular formula is C11H14BrN5O. The van der Waals surface area contributed by atoms with Crippen LogP contribution >= 0.6 is 15.9 Å². The summed E-state index contributed by atoms with van der Waals surface area (Å²) in [7, 11) is 0. The molecule has 0 aliphatic carbocycles. The van der Waals surface area contributed by atoms with Crippen LogP contribution in [0.1, 0.15) is 17.3 Å². The number of aromatic nitrogens is 3. The minimum Gasteiger partial charge on any atom is -0.397 e. The van der Waals surface area contributed by atoms with E-state index in [1.54, 1.807) is 13.1 Å². The molecule has 0 fully saturated rings. The average molecular weight is 312 g/mol. The van der Waals surface area contributed by atoms with Gasteiger partial charge in [-0.05, 0) is 35.3 Å². The molecule has 0 saturated heterocycles. The summed E-state index contributed by atoms with van der Waals surface area (Å²) >= 11 is 3.47. The Morgan fingerprint density at radius 1 is 1.44 bits per heavy atom. The lowest BCUT2D eigenvalue weighted by Gasteiger charge is -2.09.